The number of carbonyl (C=O) groups excluding carboxylic acids is 3. The van der Waals surface area contributed by atoms with E-state index >= 15 is 0 Å². The molecule has 0 aliphatic carbocycles. The molecule has 101 heavy (non-hydrogen) atoms. The number of sulfonamides is 3. The van der Waals surface area contributed by atoms with Crippen molar-refractivity contribution >= 4 is 97.6 Å². The summed E-state index contributed by atoms with van der Waals surface area (Å²) in [4.78, 5) is 54.5. The molecule has 6 heterocycles. The highest BCUT2D eigenvalue weighted by atomic mass is 32.2. The van der Waals surface area contributed by atoms with Gasteiger partial charge in [-0.25, -0.2) is 51.6 Å². The average Bonchev–Trinajstić information content (AvgIpc) is 1.68. The first-order chi connectivity index (χ1) is 47.8. The van der Waals surface area contributed by atoms with Crippen molar-refractivity contribution < 1.29 is 90.0 Å². The Labute approximate surface area is 574 Å². The van der Waals surface area contributed by atoms with Gasteiger partial charge >= 0.3 is 0 Å². The van der Waals surface area contributed by atoms with Gasteiger partial charge in [0.1, 0.15) is 76.2 Å². The molecule has 0 radical (unpaired) electrons. The number of fused-ring (bicyclic) bond motifs is 6. The summed E-state index contributed by atoms with van der Waals surface area (Å²) in [6.07, 6.45) is 7.57. The second kappa shape index (κ2) is 28.0. The lowest BCUT2D eigenvalue weighted by Crippen LogP contribution is -2.27. The fourth-order valence-electron chi connectivity index (χ4n) is 11.9. The number of aromatic hydroxyl groups is 1. The smallest absolute Gasteiger partial charge is 0.258 e. The molecule has 3 aliphatic heterocycles. The van der Waals surface area contributed by atoms with Gasteiger partial charge in [-0.3, -0.25) is 42.3 Å². The number of nitrogens with one attached hydrogen (secondary N) is 1. The van der Waals surface area contributed by atoms with Crippen molar-refractivity contribution in [3.63, 3.8) is 0 Å². The number of hydrogen-bond donors (Lipinski definition) is 2. The number of benzene rings is 7. The number of ether oxygens (including phenoxy) is 4. The van der Waals surface area contributed by atoms with E-state index < -0.39 is 107 Å². The van der Waals surface area contributed by atoms with Crippen molar-refractivity contribution in [3.8, 4) is 28.7 Å². The van der Waals surface area contributed by atoms with Crippen LogP contribution in [0.2, 0.25) is 0 Å². The summed E-state index contributed by atoms with van der Waals surface area (Å²) in [5.41, 5.74) is 3.32. The zero-order valence-corrected chi connectivity index (χ0v) is 57.3. The summed E-state index contributed by atoms with van der Waals surface area (Å²) in [6.45, 7) is -0.991. The van der Waals surface area contributed by atoms with Gasteiger partial charge < -0.3 is 39.2 Å². The van der Waals surface area contributed by atoms with Crippen molar-refractivity contribution in [2.75, 3.05) is 67.0 Å². The van der Waals surface area contributed by atoms with Crippen LogP contribution >= 0.6 is 0 Å². The predicted octanol–water partition coefficient (Wildman–Crippen LogP) is 10.2. The Balaban J connectivity index is 0.000000155. The monoisotopic (exact) mass is 1450 g/mol. The van der Waals surface area contributed by atoms with Gasteiger partial charge in [-0.05, 0) is 71.8 Å². The summed E-state index contributed by atoms with van der Waals surface area (Å²) in [7, 11) is -3.85. The Morgan fingerprint density at radius 1 is 0.495 bits per heavy atom. The van der Waals surface area contributed by atoms with Crippen LogP contribution in [0.25, 0.3) is 32.7 Å². The SMILES string of the molecule is CN(c1c2c(c(O)c3ncccc13)C(=O)N(Cc1c(F)cc(F)cc1F)C2)S(C)(=O)=O.COc1ccc(COc2c3c(c(N(C)S(C)(=O)=O)c4cccnc24)CN(Cc2c(F)cc(F)cc2F)C3=O)cc1.COc1ccc(COc2c3c(c(N(C)S(C)(=O)=O)c4cccnc24)CNC3=O)cc1. The number of halogens is 6. The van der Waals surface area contributed by atoms with Gasteiger partial charge in [0.15, 0.2) is 17.2 Å². The predicted molar refractivity (Wildman–Crippen MR) is 362 cm³/mol. The number of aromatic nitrogens is 3. The average molecular weight is 1450 g/mol. The first kappa shape index (κ1) is 71.3. The third-order valence-electron chi connectivity index (χ3n) is 17.1. The van der Waals surface area contributed by atoms with E-state index in [1.807, 2.05) is 24.3 Å². The molecule has 7 aromatic carbocycles. The second-order valence-electron chi connectivity index (χ2n) is 23.5. The van der Waals surface area contributed by atoms with E-state index in [9.17, 15) is 71.1 Å². The summed E-state index contributed by atoms with van der Waals surface area (Å²) >= 11 is 0. The van der Waals surface area contributed by atoms with Crippen molar-refractivity contribution in [3.05, 3.63) is 218 Å². The van der Waals surface area contributed by atoms with Crippen molar-refractivity contribution in [2.45, 2.75) is 45.9 Å². The zero-order chi connectivity index (χ0) is 72.9. The lowest BCUT2D eigenvalue weighted by atomic mass is 10.0. The Bertz CT molecular complexity index is 5350. The molecule has 3 aliphatic rings. The van der Waals surface area contributed by atoms with Gasteiger partial charge in [-0.1, -0.05) is 24.3 Å². The molecule has 23 nitrogen and oxygen atoms in total. The number of carbonyl (C=O) groups is 3. The topological polar surface area (TPSA) is 278 Å². The molecular weight excluding hydrogens is 1390 g/mol. The largest absolute Gasteiger partial charge is 0.505 e. The first-order valence-electron chi connectivity index (χ1n) is 30.3. The fourth-order valence-corrected chi connectivity index (χ4v) is 13.5. The number of hydrogen-bond acceptors (Lipinski definition) is 17. The molecule has 0 spiro atoms. The van der Waals surface area contributed by atoms with Crippen LogP contribution in [0.5, 0.6) is 28.7 Å². The normalized spacial score (nSPS) is 13.3. The highest BCUT2D eigenvalue weighted by molar-refractivity contribution is 7.92. The molecule has 0 saturated heterocycles. The third-order valence-corrected chi connectivity index (χ3v) is 20.6. The van der Waals surface area contributed by atoms with Crippen LogP contribution in [-0.4, -0.2) is 127 Å². The molecule has 526 valence electrons. The highest BCUT2D eigenvalue weighted by Crippen LogP contribution is 2.48. The fraction of sp³-hybridized carbons (Fsp3) is 0.217. The van der Waals surface area contributed by atoms with E-state index in [2.05, 4.69) is 20.3 Å². The van der Waals surface area contributed by atoms with E-state index in [1.54, 1.807) is 81.1 Å². The molecule has 32 heteroatoms. The van der Waals surface area contributed by atoms with Gasteiger partial charge in [0.05, 0.1) is 79.8 Å². The Morgan fingerprint density at radius 2 is 0.842 bits per heavy atom. The molecule has 3 amide bonds. The zero-order valence-electron chi connectivity index (χ0n) is 54.9. The molecule has 0 saturated carbocycles. The van der Waals surface area contributed by atoms with E-state index in [1.165, 1.54) is 37.8 Å². The molecule has 0 fully saturated rings. The van der Waals surface area contributed by atoms with Crippen LogP contribution in [0.4, 0.5) is 43.4 Å². The maximum Gasteiger partial charge on any atom is 0.258 e. The summed E-state index contributed by atoms with van der Waals surface area (Å²) in [5.74, 6) is -7.11. The molecule has 13 rings (SSSR count). The van der Waals surface area contributed by atoms with Gasteiger partial charge in [-0.2, -0.15) is 0 Å². The van der Waals surface area contributed by atoms with Crippen molar-refractivity contribution in [1.82, 2.24) is 30.1 Å². The Hall–Kier alpha value is -11.0. The van der Waals surface area contributed by atoms with E-state index in [4.69, 9.17) is 18.9 Å². The van der Waals surface area contributed by atoms with Gasteiger partial charge in [0.2, 0.25) is 30.1 Å². The number of methoxy groups -OCH3 is 2. The van der Waals surface area contributed by atoms with Crippen LogP contribution in [0, 0.1) is 34.9 Å². The van der Waals surface area contributed by atoms with E-state index in [-0.39, 0.29) is 83.6 Å². The number of phenols is 1. The number of pyridine rings is 3. The van der Waals surface area contributed by atoms with Crippen LogP contribution in [0.15, 0.2) is 128 Å². The van der Waals surface area contributed by atoms with E-state index in [0.29, 0.717) is 79.8 Å². The highest BCUT2D eigenvalue weighted by Gasteiger charge is 2.41. The minimum Gasteiger partial charge on any atom is -0.505 e. The first-order valence-corrected chi connectivity index (χ1v) is 35.8. The molecule has 0 unspecified atom stereocenters. The molecule has 2 N–H and O–H groups in total. The van der Waals surface area contributed by atoms with Crippen LogP contribution < -0.4 is 37.2 Å². The summed E-state index contributed by atoms with van der Waals surface area (Å²) < 4.78 is 184. The van der Waals surface area contributed by atoms with Crippen molar-refractivity contribution in [2.24, 2.45) is 0 Å². The minimum absolute atomic E-state index is 0.0149. The van der Waals surface area contributed by atoms with Crippen LogP contribution in [0.3, 0.4) is 0 Å². The number of nitrogens with zero attached hydrogens (tertiary/aromatic N) is 8. The van der Waals surface area contributed by atoms with Gasteiger partial charge in [0.25, 0.3) is 17.7 Å². The lowest BCUT2D eigenvalue weighted by Gasteiger charge is -2.23. The number of rotatable bonds is 18. The third kappa shape index (κ3) is 14.0. The maximum absolute atomic E-state index is 14.5. The number of phenolic OH excluding ortho intramolecular Hbond substituents is 1. The van der Waals surface area contributed by atoms with E-state index in [0.717, 1.165) is 54.1 Å². The standard InChI is InChI=1S/C28H24F3N3O5S.C21H21N3O5S.C20H16F3N3O4S/c1-33(40(3,36)37)26-19-5-4-10-32-25(19)27(39-15-16-6-8-18(38-2)9-7-16)24-21(26)14-34(28(24)35)13-20-22(30)11-17(29)12-23(20)31;1-24(30(3,26)27)19-15-5-4-10-22-18(15)20(17-16(19)11-23-21(17)25)29-12-13-6-8-14(28-2)9-7-13;1-25(31(2,29)30)18-11-4-3-5-24-17(11)19(27)16-13(18)9-26(20(16)28)8-12-14(22)6-10(21)7-15(12)23/h4-12H,13-15H2,1-3H3;4-10H,11-12H2,1-3H3,(H,23,25);3-7,27H,8-9H2,1-2H3. The molecule has 3 aromatic heterocycles. The Morgan fingerprint density at radius 3 is 1.23 bits per heavy atom. The van der Waals surface area contributed by atoms with Gasteiger partial charge in [-0.15, -0.1) is 0 Å². The molecule has 0 atom stereocenters. The second-order valence-corrected chi connectivity index (χ2v) is 29.5. The summed E-state index contributed by atoms with van der Waals surface area (Å²) in [6, 6.07) is 26.5. The summed E-state index contributed by atoms with van der Waals surface area (Å²) in [5, 5.41) is 14.8. The van der Waals surface area contributed by atoms with Crippen LogP contribution in [0.1, 0.15) is 70.0 Å². The molecule has 0 bridgehead atoms. The minimum atomic E-state index is -3.79. The number of anilines is 3. The number of amides is 3. The van der Waals surface area contributed by atoms with Crippen molar-refractivity contribution in [1.29, 1.82) is 0 Å². The molecular formula is C69H61F6N9O14S3. The molecule has 10 aromatic rings. The lowest BCUT2D eigenvalue weighted by molar-refractivity contribution is 0.0753. The van der Waals surface area contributed by atoms with Gasteiger partial charge in [0, 0.05) is 128 Å². The maximum atomic E-state index is 14.5. The van der Waals surface area contributed by atoms with Crippen LogP contribution in [-0.2, 0) is 76.0 Å². The quantitative estimate of drug-likeness (QED) is 0.0756. The Kier molecular flexibility index (Phi) is 19.7.